The highest BCUT2D eigenvalue weighted by Crippen LogP contribution is 2.14. The van der Waals surface area contributed by atoms with Crippen LogP contribution in [-0.4, -0.2) is 48.8 Å². The number of benzene rings is 2. The van der Waals surface area contributed by atoms with Crippen molar-refractivity contribution >= 4 is 28.0 Å². The zero-order valence-electron chi connectivity index (χ0n) is 15.9. The molecule has 2 aromatic heterocycles. The number of aryl methyl sites for hydroxylation is 1. The molecule has 0 amide bonds. The fraction of sp³-hybridized carbons (Fsp3) is 0.263. The van der Waals surface area contributed by atoms with Gasteiger partial charge in [0.05, 0.1) is 23.1 Å². The summed E-state index contributed by atoms with van der Waals surface area (Å²) >= 11 is 0. The monoisotopic (exact) mass is 420 g/mol. The van der Waals surface area contributed by atoms with Crippen molar-refractivity contribution in [2.24, 2.45) is 0 Å². The molecule has 0 aliphatic rings. The summed E-state index contributed by atoms with van der Waals surface area (Å²) in [6.07, 6.45) is -5.08. The maximum absolute atomic E-state index is 10.6. The number of halogens is 3. The molecule has 158 valence electrons. The number of alkyl halides is 3. The van der Waals surface area contributed by atoms with Crippen LogP contribution in [0.5, 0.6) is 0 Å². The molecule has 30 heavy (non-hydrogen) atoms. The lowest BCUT2D eigenvalue weighted by atomic mass is 10.2. The summed E-state index contributed by atoms with van der Waals surface area (Å²) in [6, 6.07) is 14.3. The Labute approximate surface area is 168 Å². The van der Waals surface area contributed by atoms with Crippen molar-refractivity contribution in [2.75, 3.05) is 6.54 Å². The molecule has 4 aromatic rings. The third kappa shape index (κ3) is 5.32. The van der Waals surface area contributed by atoms with Gasteiger partial charge in [-0.05, 0) is 36.8 Å². The average Bonchev–Trinajstić information content (AvgIpc) is 3.27. The third-order valence-corrected chi connectivity index (χ3v) is 4.16. The van der Waals surface area contributed by atoms with Crippen molar-refractivity contribution in [2.45, 2.75) is 26.2 Å². The lowest BCUT2D eigenvalue weighted by Crippen LogP contribution is -2.21. The van der Waals surface area contributed by atoms with E-state index in [1.807, 2.05) is 35.9 Å². The topological polar surface area (TPSA) is 109 Å². The number of rotatable bonds is 5. The van der Waals surface area contributed by atoms with Crippen molar-refractivity contribution in [3.8, 4) is 0 Å². The summed E-state index contributed by atoms with van der Waals surface area (Å²) < 4.78 is 33.7. The molecule has 0 aliphatic carbocycles. The number of carbonyl (C=O) groups is 1. The van der Waals surface area contributed by atoms with Crippen LogP contribution in [0.1, 0.15) is 11.4 Å². The summed E-state index contributed by atoms with van der Waals surface area (Å²) in [5.74, 6) is -1.81. The number of aliphatic carboxylic acids is 1. The molecule has 3 N–H and O–H groups in total. The molecule has 0 unspecified atom stereocenters. The lowest BCUT2D eigenvalue weighted by molar-refractivity contribution is -0.192. The zero-order chi connectivity index (χ0) is 21.7. The van der Waals surface area contributed by atoms with E-state index in [1.165, 1.54) is 5.56 Å². The number of aromatic nitrogens is 5. The first-order valence-corrected chi connectivity index (χ1v) is 8.98. The predicted octanol–water partition coefficient (Wildman–Crippen LogP) is 3.04. The van der Waals surface area contributed by atoms with E-state index in [-0.39, 0.29) is 0 Å². The quantitative estimate of drug-likeness (QED) is 0.428. The molecule has 0 aliphatic heterocycles. The Morgan fingerprint density at radius 1 is 1.20 bits per heavy atom. The summed E-state index contributed by atoms with van der Waals surface area (Å²) in [4.78, 5) is 16.6. The highest BCUT2D eigenvalue weighted by atomic mass is 19.4. The van der Waals surface area contributed by atoms with Gasteiger partial charge in [-0.2, -0.15) is 13.2 Å². The van der Waals surface area contributed by atoms with Gasteiger partial charge in [-0.25, -0.2) is 14.5 Å². The molecule has 0 spiro atoms. The third-order valence-electron chi connectivity index (χ3n) is 4.16. The second kappa shape index (κ2) is 8.91. The van der Waals surface area contributed by atoms with E-state index in [2.05, 4.69) is 43.8 Å². The van der Waals surface area contributed by atoms with E-state index in [9.17, 15) is 13.2 Å². The van der Waals surface area contributed by atoms with E-state index in [1.54, 1.807) is 0 Å². The van der Waals surface area contributed by atoms with Gasteiger partial charge in [0.15, 0.2) is 0 Å². The van der Waals surface area contributed by atoms with Gasteiger partial charge in [0.1, 0.15) is 11.3 Å². The van der Waals surface area contributed by atoms with Gasteiger partial charge >= 0.3 is 12.1 Å². The van der Waals surface area contributed by atoms with Gasteiger partial charge in [-0.15, -0.1) is 5.10 Å². The molecule has 8 nitrogen and oxygen atoms in total. The van der Waals surface area contributed by atoms with Gasteiger partial charge in [0.25, 0.3) is 0 Å². The Kier molecular flexibility index (Phi) is 6.31. The van der Waals surface area contributed by atoms with Crippen LogP contribution in [0.3, 0.4) is 0 Å². The minimum absolute atomic E-state index is 0.798. The molecule has 0 saturated carbocycles. The van der Waals surface area contributed by atoms with E-state index in [4.69, 9.17) is 9.90 Å². The van der Waals surface area contributed by atoms with Gasteiger partial charge in [0.2, 0.25) is 0 Å². The maximum atomic E-state index is 10.6. The number of carboxylic acid groups (broad SMARTS) is 1. The zero-order valence-corrected chi connectivity index (χ0v) is 15.9. The Hall–Kier alpha value is -3.47. The minimum atomic E-state index is -5.08. The van der Waals surface area contributed by atoms with Crippen LogP contribution in [0, 0.1) is 6.92 Å². The maximum Gasteiger partial charge on any atom is 0.490 e. The summed E-state index contributed by atoms with van der Waals surface area (Å²) in [7, 11) is 0. The number of hydrogen-bond donors (Lipinski definition) is 3. The van der Waals surface area contributed by atoms with E-state index < -0.39 is 12.1 Å². The van der Waals surface area contributed by atoms with Crippen molar-refractivity contribution in [1.82, 2.24) is 30.3 Å². The number of nitrogens with zero attached hydrogens (tertiary/aromatic N) is 4. The second-order valence-corrected chi connectivity index (χ2v) is 6.45. The standard InChI is InChI=1S/C17H18N6.C2HF3O2/c1-12-19-14-7-6-13(10-16(14)20-12)11-18-8-9-23-17-5-3-2-4-15(17)21-22-23;3-2(4,5)1(6)7/h2-7,10,18H,8-9,11H2,1H3,(H,19,20);(H,6,7). The van der Waals surface area contributed by atoms with Gasteiger partial charge < -0.3 is 15.4 Å². The molecule has 0 radical (unpaired) electrons. The fourth-order valence-corrected chi connectivity index (χ4v) is 2.79. The van der Waals surface area contributed by atoms with Crippen LogP contribution < -0.4 is 5.32 Å². The SMILES string of the molecule is Cc1nc2ccc(CNCCn3nnc4ccccc43)cc2[nH]1.O=C(O)C(F)(F)F. The van der Waals surface area contributed by atoms with E-state index in [0.717, 1.165) is 47.5 Å². The molecule has 11 heteroatoms. The Balaban J connectivity index is 0.000000318. The smallest absolute Gasteiger partial charge is 0.475 e. The number of imidazole rings is 1. The van der Waals surface area contributed by atoms with Gasteiger partial charge in [-0.3, -0.25) is 0 Å². The van der Waals surface area contributed by atoms with Crippen molar-refractivity contribution in [3.63, 3.8) is 0 Å². The van der Waals surface area contributed by atoms with Crippen LogP contribution in [0.25, 0.3) is 22.1 Å². The number of hydrogen-bond acceptors (Lipinski definition) is 5. The molecular formula is C19H19F3N6O2. The van der Waals surface area contributed by atoms with Crippen molar-refractivity contribution in [1.29, 1.82) is 0 Å². The molecular weight excluding hydrogens is 401 g/mol. The first kappa shape index (κ1) is 21.2. The Morgan fingerprint density at radius 3 is 2.67 bits per heavy atom. The second-order valence-electron chi connectivity index (χ2n) is 6.45. The normalized spacial score (nSPS) is 11.5. The number of para-hydroxylation sites is 1. The lowest BCUT2D eigenvalue weighted by Gasteiger charge is -2.06. The van der Waals surface area contributed by atoms with Crippen molar-refractivity contribution in [3.05, 3.63) is 53.9 Å². The van der Waals surface area contributed by atoms with Gasteiger partial charge in [0, 0.05) is 13.1 Å². The average molecular weight is 420 g/mol. The van der Waals surface area contributed by atoms with Crippen molar-refractivity contribution < 1.29 is 23.1 Å². The van der Waals surface area contributed by atoms with Crippen LogP contribution in [0.2, 0.25) is 0 Å². The first-order chi connectivity index (χ1) is 14.2. The van der Waals surface area contributed by atoms with Crippen LogP contribution in [0.4, 0.5) is 13.2 Å². The summed E-state index contributed by atoms with van der Waals surface area (Å²) in [6.45, 7) is 4.43. The molecule has 0 saturated heterocycles. The highest BCUT2D eigenvalue weighted by molar-refractivity contribution is 5.76. The number of H-pyrrole nitrogens is 1. The first-order valence-electron chi connectivity index (χ1n) is 8.98. The fourth-order valence-electron chi connectivity index (χ4n) is 2.79. The Bertz CT molecular complexity index is 1150. The van der Waals surface area contributed by atoms with E-state index >= 15 is 0 Å². The minimum Gasteiger partial charge on any atom is -0.475 e. The molecule has 0 fully saturated rings. The number of carboxylic acids is 1. The Morgan fingerprint density at radius 2 is 1.93 bits per heavy atom. The predicted molar refractivity (Wildman–Crippen MR) is 104 cm³/mol. The number of nitrogens with one attached hydrogen (secondary N) is 2. The molecule has 4 rings (SSSR count). The van der Waals surface area contributed by atoms with Crippen LogP contribution in [0.15, 0.2) is 42.5 Å². The molecule has 0 bridgehead atoms. The molecule has 0 atom stereocenters. The molecule has 2 aromatic carbocycles. The number of aromatic amines is 1. The molecule has 2 heterocycles. The number of fused-ring (bicyclic) bond motifs is 2. The van der Waals surface area contributed by atoms with Gasteiger partial charge in [-0.1, -0.05) is 23.4 Å². The van der Waals surface area contributed by atoms with E-state index in [0.29, 0.717) is 0 Å². The summed E-state index contributed by atoms with van der Waals surface area (Å²) in [5.41, 5.74) is 5.35. The summed E-state index contributed by atoms with van der Waals surface area (Å²) in [5, 5.41) is 18.9. The highest BCUT2D eigenvalue weighted by Gasteiger charge is 2.38. The largest absolute Gasteiger partial charge is 0.490 e. The van der Waals surface area contributed by atoms with Crippen LogP contribution in [-0.2, 0) is 17.9 Å². The van der Waals surface area contributed by atoms with Crippen LogP contribution >= 0.6 is 0 Å².